The van der Waals surface area contributed by atoms with Crippen LogP contribution in [-0.4, -0.2) is 29.1 Å². The molecule has 18 heavy (non-hydrogen) atoms. The maximum Gasteiger partial charge on any atom is 0.339 e. The van der Waals surface area contributed by atoms with Gasteiger partial charge in [-0.2, -0.15) is 0 Å². The van der Waals surface area contributed by atoms with Crippen LogP contribution in [0.4, 0.5) is 5.69 Å². The van der Waals surface area contributed by atoms with E-state index in [0.717, 1.165) is 31.6 Å². The number of rotatable bonds is 3. The molecule has 0 radical (unpaired) electrons. The smallest absolute Gasteiger partial charge is 0.339 e. The first-order chi connectivity index (χ1) is 8.56. The summed E-state index contributed by atoms with van der Waals surface area (Å²) in [7, 11) is 0. The number of anilines is 1. The van der Waals surface area contributed by atoms with Crippen molar-refractivity contribution in [1.82, 2.24) is 4.98 Å². The van der Waals surface area contributed by atoms with Gasteiger partial charge < -0.3 is 10.0 Å². The van der Waals surface area contributed by atoms with Gasteiger partial charge in [0.25, 0.3) is 0 Å². The van der Waals surface area contributed by atoms with Gasteiger partial charge in [0.15, 0.2) is 0 Å². The summed E-state index contributed by atoms with van der Waals surface area (Å²) in [5.41, 5.74) is 1.51. The summed E-state index contributed by atoms with van der Waals surface area (Å²) in [5.74, 6) is -0.901. The predicted molar refractivity (Wildman–Crippen MR) is 71.0 cm³/mol. The van der Waals surface area contributed by atoms with Crippen molar-refractivity contribution in [3.05, 3.63) is 24.0 Å². The van der Waals surface area contributed by atoms with E-state index in [1.54, 1.807) is 12.3 Å². The van der Waals surface area contributed by atoms with Crippen molar-refractivity contribution in [2.24, 2.45) is 5.41 Å². The number of nitrogens with zero attached hydrogens (tertiary/aromatic N) is 2. The van der Waals surface area contributed by atoms with E-state index in [2.05, 4.69) is 23.7 Å². The highest BCUT2D eigenvalue weighted by atomic mass is 16.4. The Morgan fingerprint density at radius 1 is 1.50 bits per heavy atom. The SMILES string of the molecule is CCC1(C)CCN(c2ccncc2C(=O)O)CC1. The number of hydrogen-bond donors (Lipinski definition) is 1. The molecule has 98 valence electrons. The van der Waals surface area contributed by atoms with Crippen molar-refractivity contribution in [2.45, 2.75) is 33.1 Å². The molecule has 1 aromatic rings. The lowest BCUT2D eigenvalue weighted by Crippen LogP contribution is -2.39. The van der Waals surface area contributed by atoms with Crippen LogP contribution < -0.4 is 4.90 Å². The summed E-state index contributed by atoms with van der Waals surface area (Å²) in [5, 5.41) is 9.18. The van der Waals surface area contributed by atoms with Crippen LogP contribution in [0.5, 0.6) is 0 Å². The highest BCUT2D eigenvalue weighted by Crippen LogP contribution is 2.36. The Morgan fingerprint density at radius 2 is 2.17 bits per heavy atom. The Morgan fingerprint density at radius 3 is 2.72 bits per heavy atom. The molecule has 0 spiro atoms. The summed E-state index contributed by atoms with van der Waals surface area (Å²) >= 11 is 0. The highest BCUT2D eigenvalue weighted by Gasteiger charge is 2.29. The lowest BCUT2D eigenvalue weighted by atomic mass is 9.78. The first kappa shape index (κ1) is 12.9. The number of pyridine rings is 1. The first-order valence-electron chi connectivity index (χ1n) is 6.48. The summed E-state index contributed by atoms with van der Waals surface area (Å²) in [6.07, 6.45) is 6.51. The zero-order valence-electron chi connectivity index (χ0n) is 11.0. The number of piperidine rings is 1. The Bertz CT molecular complexity index is 437. The molecule has 1 fully saturated rings. The monoisotopic (exact) mass is 248 g/mol. The van der Waals surface area contributed by atoms with Crippen LogP contribution >= 0.6 is 0 Å². The van der Waals surface area contributed by atoms with Crippen molar-refractivity contribution >= 4 is 11.7 Å². The maximum absolute atomic E-state index is 11.2. The van der Waals surface area contributed by atoms with Crippen LogP contribution in [0, 0.1) is 5.41 Å². The second-order valence-corrected chi connectivity index (χ2v) is 5.35. The first-order valence-corrected chi connectivity index (χ1v) is 6.48. The van der Waals surface area contributed by atoms with E-state index in [-0.39, 0.29) is 0 Å². The van der Waals surface area contributed by atoms with Gasteiger partial charge in [-0.3, -0.25) is 4.98 Å². The molecule has 2 heterocycles. The zero-order valence-corrected chi connectivity index (χ0v) is 11.0. The molecule has 4 nitrogen and oxygen atoms in total. The van der Waals surface area contributed by atoms with Gasteiger partial charge in [0.2, 0.25) is 0 Å². The topological polar surface area (TPSA) is 53.4 Å². The number of hydrogen-bond acceptors (Lipinski definition) is 3. The standard InChI is InChI=1S/C14H20N2O2/c1-3-14(2)5-8-16(9-6-14)12-4-7-15-10-11(12)13(17)18/h4,7,10H,3,5-6,8-9H2,1-2H3,(H,17,18). The van der Waals surface area contributed by atoms with Crippen molar-refractivity contribution in [2.75, 3.05) is 18.0 Å². The summed E-state index contributed by atoms with van der Waals surface area (Å²) in [6, 6.07) is 1.80. The fourth-order valence-corrected chi connectivity index (χ4v) is 2.47. The zero-order chi connectivity index (χ0) is 13.2. The van der Waals surface area contributed by atoms with E-state index in [9.17, 15) is 9.90 Å². The summed E-state index contributed by atoms with van der Waals surface area (Å²) in [4.78, 5) is 17.2. The maximum atomic E-state index is 11.2. The third-order valence-corrected chi connectivity index (χ3v) is 4.19. The number of carboxylic acids is 1. The molecule has 0 amide bonds. The number of aromatic nitrogens is 1. The van der Waals surface area contributed by atoms with Gasteiger partial charge in [0, 0.05) is 25.5 Å². The number of carboxylic acid groups (broad SMARTS) is 1. The molecule has 0 bridgehead atoms. The molecule has 2 rings (SSSR count). The Labute approximate surface area is 108 Å². The molecule has 4 heteroatoms. The lowest BCUT2D eigenvalue weighted by Gasteiger charge is -2.40. The van der Waals surface area contributed by atoms with Crippen molar-refractivity contribution in [1.29, 1.82) is 0 Å². The highest BCUT2D eigenvalue weighted by molar-refractivity contribution is 5.94. The minimum Gasteiger partial charge on any atom is -0.478 e. The van der Waals surface area contributed by atoms with Crippen LogP contribution in [-0.2, 0) is 0 Å². The van der Waals surface area contributed by atoms with Gasteiger partial charge in [0.1, 0.15) is 5.56 Å². The number of aromatic carboxylic acids is 1. The minimum atomic E-state index is -0.901. The van der Waals surface area contributed by atoms with Gasteiger partial charge in [-0.25, -0.2) is 4.79 Å². The van der Waals surface area contributed by atoms with E-state index < -0.39 is 5.97 Å². The van der Waals surface area contributed by atoms with Crippen LogP contribution in [0.3, 0.4) is 0 Å². The summed E-state index contributed by atoms with van der Waals surface area (Å²) in [6.45, 7) is 6.39. The van der Waals surface area contributed by atoms with Crippen LogP contribution in [0.1, 0.15) is 43.5 Å². The van der Waals surface area contributed by atoms with Crippen molar-refractivity contribution in [3.63, 3.8) is 0 Å². The van der Waals surface area contributed by atoms with Crippen LogP contribution in [0.25, 0.3) is 0 Å². The second kappa shape index (κ2) is 4.96. The van der Waals surface area contributed by atoms with Crippen LogP contribution in [0.2, 0.25) is 0 Å². The minimum absolute atomic E-state index is 0.303. The van der Waals surface area contributed by atoms with Gasteiger partial charge >= 0.3 is 5.97 Å². The largest absolute Gasteiger partial charge is 0.478 e. The fraction of sp³-hybridized carbons (Fsp3) is 0.571. The van der Waals surface area contributed by atoms with Gasteiger partial charge in [-0.15, -0.1) is 0 Å². The molecular formula is C14H20N2O2. The Kier molecular flexibility index (Phi) is 3.55. The third kappa shape index (κ3) is 2.47. The Balaban J connectivity index is 2.17. The normalized spacial score (nSPS) is 18.7. The van der Waals surface area contributed by atoms with E-state index in [0.29, 0.717) is 11.0 Å². The van der Waals surface area contributed by atoms with Crippen molar-refractivity contribution in [3.8, 4) is 0 Å². The quantitative estimate of drug-likeness (QED) is 0.893. The van der Waals surface area contributed by atoms with Gasteiger partial charge in [-0.05, 0) is 24.3 Å². The lowest BCUT2D eigenvalue weighted by molar-refractivity contribution is 0.0697. The third-order valence-electron chi connectivity index (χ3n) is 4.19. The molecule has 0 atom stereocenters. The molecule has 1 saturated heterocycles. The Hall–Kier alpha value is -1.58. The van der Waals surface area contributed by atoms with Crippen molar-refractivity contribution < 1.29 is 9.90 Å². The molecule has 1 N–H and O–H groups in total. The van der Waals surface area contributed by atoms with Gasteiger partial charge in [-0.1, -0.05) is 20.3 Å². The molecule has 0 unspecified atom stereocenters. The van der Waals surface area contributed by atoms with E-state index in [1.807, 2.05) is 0 Å². The molecule has 1 aliphatic heterocycles. The molecule has 1 aromatic heterocycles. The molecule has 0 saturated carbocycles. The predicted octanol–water partition coefficient (Wildman–Crippen LogP) is 2.80. The average molecular weight is 248 g/mol. The van der Waals surface area contributed by atoms with Crippen LogP contribution in [0.15, 0.2) is 18.5 Å². The fourth-order valence-electron chi connectivity index (χ4n) is 2.47. The molecule has 0 aliphatic carbocycles. The molecule has 1 aliphatic rings. The van der Waals surface area contributed by atoms with E-state index in [4.69, 9.17) is 0 Å². The van der Waals surface area contributed by atoms with E-state index >= 15 is 0 Å². The summed E-state index contributed by atoms with van der Waals surface area (Å²) < 4.78 is 0. The molecule has 0 aromatic carbocycles. The number of carbonyl (C=O) groups is 1. The van der Waals surface area contributed by atoms with E-state index in [1.165, 1.54) is 12.6 Å². The average Bonchev–Trinajstić information content (AvgIpc) is 2.39. The van der Waals surface area contributed by atoms with Gasteiger partial charge in [0.05, 0.1) is 5.69 Å². The molecular weight excluding hydrogens is 228 g/mol. The second-order valence-electron chi connectivity index (χ2n) is 5.35.